The molecule has 0 aliphatic heterocycles. The van der Waals surface area contributed by atoms with Crippen molar-refractivity contribution < 1.29 is 4.98 Å². The standard InChI is InChI=1S/C23H24N6/c1-5-29(14-15(2)3)23-20(13-26)21(19(12-25)22(27)28-23)18(11-24)10-17-8-6-16(4)7-9-17/h6-9,18H,2,5,10,14H2,1,3-4H3,(H2,27,28)/p+1/t18-/m1/s1. The lowest BCUT2D eigenvalue weighted by atomic mass is 9.87. The Morgan fingerprint density at radius 2 is 1.79 bits per heavy atom. The molecule has 1 heterocycles. The molecule has 1 aromatic heterocycles. The Hall–Kier alpha value is -3.82. The van der Waals surface area contributed by atoms with Crippen LogP contribution in [0.15, 0.2) is 36.4 Å². The largest absolute Gasteiger partial charge is 0.318 e. The molecule has 2 aromatic rings. The summed E-state index contributed by atoms with van der Waals surface area (Å²) in [5.74, 6) is -0.0179. The monoisotopic (exact) mass is 385 g/mol. The zero-order chi connectivity index (χ0) is 21.6. The quantitative estimate of drug-likeness (QED) is 0.734. The highest BCUT2D eigenvalue weighted by Crippen LogP contribution is 2.32. The lowest BCUT2D eigenvalue weighted by Gasteiger charge is -2.22. The molecular formula is C23H25N6+. The normalized spacial score (nSPS) is 11.0. The van der Waals surface area contributed by atoms with Crippen LogP contribution in [0.4, 0.5) is 11.6 Å². The maximum absolute atomic E-state index is 9.96. The van der Waals surface area contributed by atoms with Crippen molar-refractivity contribution >= 4 is 11.6 Å². The molecule has 0 saturated heterocycles. The number of benzene rings is 1. The molecule has 2 rings (SSSR count). The third-order valence-electron chi connectivity index (χ3n) is 4.74. The summed E-state index contributed by atoms with van der Waals surface area (Å²) in [6.07, 6.45) is 0.385. The number of pyridine rings is 1. The van der Waals surface area contributed by atoms with Gasteiger partial charge >= 0.3 is 0 Å². The van der Waals surface area contributed by atoms with Crippen molar-refractivity contribution in [1.29, 1.82) is 15.8 Å². The molecule has 0 radical (unpaired) electrons. The summed E-state index contributed by atoms with van der Waals surface area (Å²) in [6.45, 7) is 10.9. The summed E-state index contributed by atoms with van der Waals surface area (Å²) in [5, 5.41) is 29.6. The van der Waals surface area contributed by atoms with Gasteiger partial charge in [-0.3, -0.25) is 4.90 Å². The Morgan fingerprint density at radius 3 is 2.28 bits per heavy atom. The van der Waals surface area contributed by atoms with E-state index in [1.807, 2.05) is 49.9 Å². The van der Waals surface area contributed by atoms with Gasteiger partial charge in [0, 0.05) is 5.56 Å². The Kier molecular flexibility index (Phi) is 6.96. The van der Waals surface area contributed by atoms with Crippen molar-refractivity contribution in [2.75, 3.05) is 23.7 Å². The molecule has 0 spiro atoms. The van der Waals surface area contributed by atoms with E-state index in [4.69, 9.17) is 5.73 Å². The number of aromatic nitrogens is 1. The van der Waals surface area contributed by atoms with Crippen molar-refractivity contribution in [2.24, 2.45) is 0 Å². The number of hydrogen-bond donors (Lipinski definition) is 1. The number of nitrogens with two attached hydrogens (primary N) is 1. The number of nitriles is 3. The first-order valence-electron chi connectivity index (χ1n) is 9.39. The van der Waals surface area contributed by atoms with Gasteiger partial charge in [0.15, 0.2) is 0 Å². The minimum absolute atomic E-state index is 0.148. The number of aromatic amines is 1. The number of anilines is 2. The van der Waals surface area contributed by atoms with Gasteiger partial charge in [0.05, 0.1) is 25.1 Å². The Balaban J connectivity index is 2.68. The topological polar surface area (TPSA) is 115 Å². The Morgan fingerprint density at radius 1 is 1.17 bits per heavy atom. The van der Waals surface area contributed by atoms with Crippen molar-refractivity contribution in [3.8, 4) is 18.2 Å². The molecule has 0 aliphatic rings. The molecule has 29 heavy (non-hydrogen) atoms. The third kappa shape index (κ3) is 4.72. The number of nitrogen functional groups attached to an aromatic ring is 1. The number of likely N-dealkylation sites (N-methyl/N-ethyl adjacent to an activating group) is 1. The van der Waals surface area contributed by atoms with Crippen molar-refractivity contribution in [3.05, 3.63) is 64.2 Å². The van der Waals surface area contributed by atoms with Crippen LogP contribution >= 0.6 is 0 Å². The SMILES string of the molecule is C=C(C)CN(CC)c1[nH+]c(N)c(C#N)c([C@@H](C#N)Cc2ccc(C)cc2)c1C#N. The van der Waals surface area contributed by atoms with E-state index in [-0.39, 0.29) is 16.9 Å². The van der Waals surface area contributed by atoms with E-state index in [2.05, 4.69) is 29.8 Å². The molecule has 6 heteroatoms. The summed E-state index contributed by atoms with van der Waals surface area (Å²) >= 11 is 0. The maximum atomic E-state index is 9.96. The van der Waals surface area contributed by atoms with Gasteiger partial charge in [-0.2, -0.15) is 15.8 Å². The van der Waals surface area contributed by atoms with Gasteiger partial charge in [0.1, 0.15) is 23.3 Å². The number of H-pyrrole nitrogens is 1. The van der Waals surface area contributed by atoms with Crippen LogP contribution in [-0.2, 0) is 6.42 Å². The van der Waals surface area contributed by atoms with E-state index in [1.54, 1.807) is 0 Å². The molecule has 6 nitrogen and oxygen atoms in total. The van der Waals surface area contributed by atoms with Crippen LogP contribution in [-0.4, -0.2) is 13.1 Å². The van der Waals surface area contributed by atoms with Gasteiger partial charge in [-0.05, 0) is 38.3 Å². The van der Waals surface area contributed by atoms with E-state index < -0.39 is 5.92 Å². The van der Waals surface area contributed by atoms with E-state index in [9.17, 15) is 15.8 Å². The first-order valence-corrected chi connectivity index (χ1v) is 9.39. The van der Waals surface area contributed by atoms with Gasteiger partial charge in [-0.15, -0.1) is 0 Å². The van der Waals surface area contributed by atoms with Crippen LogP contribution in [0.25, 0.3) is 0 Å². The van der Waals surface area contributed by atoms with Crippen LogP contribution < -0.4 is 15.6 Å². The highest BCUT2D eigenvalue weighted by molar-refractivity contribution is 5.66. The van der Waals surface area contributed by atoms with E-state index >= 15 is 0 Å². The zero-order valence-electron chi connectivity index (χ0n) is 17.1. The summed E-state index contributed by atoms with van der Waals surface area (Å²) in [5.41, 5.74) is 9.94. The maximum Gasteiger partial charge on any atom is 0.240 e. The fourth-order valence-electron chi connectivity index (χ4n) is 3.32. The zero-order valence-corrected chi connectivity index (χ0v) is 17.1. The fourth-order valence-corrected chi connectivity index (χ4v) is 3.32. The van der Waals surface area contributed by atoms with Crippen LogP contribution in [0.2, 0.25) is 0 Å². The van der Waals surface area contributed by atoms with Crippen LogP contribution in [0.5, 0.6) is 0 Å². The number of nitrogens with zero attached hydrogens (tertiary/aromatic N) is 4. The molecule has 0 fully saturated rings. The lowest BCUT2D eigenvalue weighted by Crippen LogP contribution is -2.34. The van der Waals surface area contributed by atoms with Crippen molar-refractivity contribution in [1.82, 2.24) is 0 Å². The van der Waals surface area contributed by atoms with Crippen LogP contribution in [0.1, 0.15) is 47.6 Å². The van der Waals surface area contributed by atoms with E-state index in [0.29, 0.717) is 30.9 Å². The van der Waals surface area contributed by atoms with Gasteiger partial charge in [0.2, 0.25) is 11.6 Å². The molecule has 1 aromatic carbocycles. The minimum atomic E-state index is -0.679. The predicted octanol–water partition coefficient (Wildman–Crippen LogP) is 3.39. The molecule has 3 N–H and O–H groups in total. The highest BCUT2D eigenvalue weighted by atomic mass is 15.2. The lowest BCUT2D eigenvalue weighted by molar-refractivity contribution is -0.346. The number of rotatable bonds is 7. The van der Waals surface area contributed by atoms with E-state index in [0.717, 1.165) is 16.7 Å². The number of hydrogen-bond acceptors (Lipinski definition) is 5. The first-order chi connectivity index (χ1) is 13.9. The number of aryl methyl sites for hydroxylation is 1. The molecule has 0 saturated carbocycles. The van der Waals surface area contributed by atoms with Gasteiger partial charge in [-0.25, -0.2) is 4.98 Å². The predicted molar refractivity (Wildman–Crippen MR) is 113 cm³/mol. The summed E-state index contributed by atoms with van der Waals surface area (Å²) in [4.78, 5) is 4.93. The molecule has 0 bridgehead atoms. The average Bonchev–Trinajstić information content (AvgIpc) is 2.70. The highest BCUT2D eigenvalue weighted by Gasteiger charge is 2.30. The Labute approximate surface area is 172 Å². The number of nitrogens with one attached hydrogen (secondary N) is 1. The van der Waals surface area contributed by atoms with Crippen LogP contribution in [0, 0.1) is 40.9 Å². The van der Waals surface area contributed by atoms with Crippen LogP contribution in [0.3, 0.4) is 0 Å². The van der Waals surface area contributed by atoms with Crippen molar-refractivity contribution in [3.63, 3.8) is 0 Å². The van der Waals surface area contributed by atoms with Gasteiger partial charge < -0.3 is 5.73 Å². The summed E-state index contributed by atoms with van der Waals surface area (Å²) in [6, 6.07) is 14.4. The average molecular weight is 385 g/mol. The third-order valence-corrected chi connectivity index (χ3v) is 4.74. The Bertz CT molecular complexity index is 1030. The molecule has 1 atom stereocenters. The first kappa shape index (κ1) is 21.5. The van der Waals surface area contributed by atoms with Gasteiger partial charge in [0.25, 0.3) is 0 Å². The van der Waals surface area contributed by atoms with Crippen molar-refractivity contribution in [2.45, 2.75) is 33.1 Å². The second kappa shape index (κ2) is 9.40. The summed E-state index contributed by atoms with van der Waals surface area (Å²) < 4.78 is 0. The molecule has 0 aliphatic carbocycles. The van der Waals surface area contributed by atoms with E-state index in [1.165, 1.54) is 0 Å². The second-order valence-corrected chi connectivity index (χ2v) is 7.12. The smallest absolute Gasteiger partial charge is 0.240 e. The minimum Gasteiger partial charge on any atom is -0.318 e. The molecule has 0 unspecified atom stereocenters. The molecular weight excluding hydrogens is 360 g/mol. The second-order valence-electron chi connectivity index (χ2n) is 7.12. The molecule has 146 valence electrons. The summed E-state index contributed by atoms with van der Waals surface area (Å²) in [7, 11) is 0. The van der Waals surface area contributed by atoms with Gasteiger partial charge in [-0.1, -0.05) is 36.4 Å². The fraction of sp³-hybridized carbons (Fsp3) is 0.304. The molecule has 0 amide bonds.